The number of rotatable bonds is 3. The maximum Gasteiger partial charge on any atom is 0.338 e. The van der Waals surface area contributed by atoms with Crippen LogP contribution < -0.4 is 5.43 Å². The van der Waals surface area contributed by atoms with E-state index in [9.17, 15) is 9.59 Å². The Kier molecular flexibility index (Phi) is 3.58. The molecule has 0 radical (unpaired) electrons. The molecule has 0 fully saturated rings. The molecule has 0 N–H and O–H groups in total. The maximum atomic E-state index is 12.8. The smallest absolute Gasteiger partial charge is 0.338 e. The zero-order chi connectivity index (χ0) is 16.6. The van der Waals surface area contributed by atoms with Gasteiger partial charge < -0.3 is 9.15 Å². The summed E-state index contributed by atoms with van der Waals surface area (Å²) in [5, 5.41) is 1.69. The Morgan fingerprint density at radius 2 is 1.91 bits per heavy atom. The second-order valence-electron chi connectivity index (χ2n) is 4.95. The number of fused-ring (bicyclic) bond motifs is 3. The molecule has 0 saturated carbocycles. The number of carbonyl (C=O) groups is 1. The van der Waals surface area contributed by atoms with Crippen molar-refractivity contribution in [3.63, 3.8) is 0 Å². The van der Waals surface area contributed by atoms with Crippen LogP contribution in [-0.2, 0) is 4.74 Å². The van der Waals surface area contributed by atoms with Crippen LogP contribution in [0.5, 0.6) is 0 Å². The number of methoxy groups -OCH3 is 1. The van der Waals surface area contributed by atoms with Crippen molar-refractivity contribution < 1.29 is 13.9 Å². The number of hydrogen-bond acceptors (Lipinski definition) is 4. The largest absolute Gasteiger partial charge is 0.465 e. The topological polar surface area (TPSA) is 56.5 Å². The van der Waals surface area contributed by atoms with Crippen LogP contribution in [0.3, 0.4) is 0 Å². The summed E-state index contributed by atoms with van der Waals surface area (Å²) in [4.78, 5) is 24.7. The van der Waals surface area contributed by atoms with Crippen LogP contribution in [0.15, 0.2) is 52.7 Å². The van der Waals surface area contributed by atoms with E-state index in [1.54, 1.807) is 30.3 Å². The van der Waals surface area contributed by atoms with E-state index < -0.39 is 5.97 Å². The number of esters is 1. The molecule has 0 spiro atoms. The van der Waals surface area contributed by atoms with Crippen molar-refractivity contribution in [2.45, 2.75) is 0 Å². The molecule has 0 aliphatic heterocycles. The molecular formula is C19H14O4. The van der Waals surface area contributed by atoms with Gasteiger partial charge in [0, 0.05) is 0 Å². The first-order valence-electron chi connectivity index (χ1n) is 6.98. The van der Waals surface area contributed by atoms with Gasteiger partial charge in [0.1, 0.15) is 11.3 Å². The molecule has 0 aliphatic rings. The second kappa shape index (κ2) is 5.57. The lowest BCUT2D eigenvalue weighted by atomic mass is 9.99. The summed E-state index contributed by atoms with van der Waals surface area (Å²) in [6.07, 6.45) is 2.93. The van der Waals surface area contributed by atoms with Crippen LogP contribution in [0.2, 0.25) is 0 Å². The molecule has 4 heteroatoms. The first-order valence-corrected chi connectivity index (χ1v) is 6.98. The lowest BCUT2D eigenvalue weighted by molar-refractivity contribution is 0.0603. The molecule has 0 saturated heterocycles. The SMILES string of the molecule is C=Cc1oc2ccc3c(C(=O)OC)cccc3c2c(=O)c1C=C. The summed E-state index contributed by atoms with van der Waals surface area (Å²) < 4.78 is 10.5. The predicted octanol–water partition coefficient (Wildman–Crippen LogP) is 4.02. The number of hydrogen-bond donors (Lipinski definition) is 0. The molecule has 0 amide bonds. The first kappa shape index (κ1) is 14.8. The normalized spacial score (nSPS) is 10.7. The van der Waals surface area contributed by atoms with Crippen LogP contribution in [0, 0.1) is 0 Å². The minimum Gasteiger partial charge on any atom is -0.465 e. The van der Waals surface area contributed by atoms with Gasteiger partial charge in [-0.25, -0.2) is 4.79 Å². The quantitative estimate of drug-likeness (QED) is 0.542. The van der Waals surface area contributed by atoms with Gasteiger partial charge in [-0.1, -0.05) is 31.4 Å². The monoisotopic (exact) mass is 306 g/mol. The zero-order valence-electron chi connectivity index (χ0n) is 12.6. The average Bonchev–Trinajstić information content (AvgIpc) is 2.59. The van der Waals surface area contributed by atoms with E-state index in [1.807, 2.05) is 0 Å². The van der Waals surface area contributed by atoms with Crippen LogP contribution in [0.4, 0.5) is 0 Å². The molecule has 3 rings (SSSR count). The van der Waals surface area contributed by atoms with E-state index in [0.29, 0.717) is 38.6 Å². The lowest BCUT2D eigenvalue weighted by Crippen LogP contribution is -2.09. The van der Waals surface area contributed by atoms with E-state index in [1.165, 1.54) is 19.3 Å². The van der Waals surface area contributed by atoms with Crippen LogP contribution >= 0.6 is 0 Å². The van der Waals surface area contributed by atoms with E-state index in [2.05, 4.69) is 13.2 Å². The number of benzene rings is 2. The van der Waals surface area contributed by atoms with Crippen molar-refractivity contribution in [1.29, 1.82) is 0 Å². The lowest BCUT2D eigenvalue weighted by Gasteiger charge is -2.09. The van der Waals surface area contributed by atoms with Gasteiger partial charge in [-0.15, -0.1) is 0 Å². The Balaban J connectivity index is 2.54. The minimum absolute atomic E-state index is 0.205. The van der Waals surface area contributed by atoms with Gasteiger partial charge in [0.2, 0.25) is 5.43 Å². The zero-order valence-corrected chi connectivity index (χ0v) is 12.6. The summed E-state index contributed by atoms with van der Waals surface area (Å²) in [6.45, 7) is 7.32. The molecule has 23 heavy (non-hydrogen) atoms. The Bertz CT molecular complexity index is 1020. The molecule has 1 heterocycles. The molecule has 1 aromatic heterocycles. The van der Waals surface area contributed by atoms with Gasteiger partial charge in [-0.3, -0.25) is 4.79 Å². The molecule has 2 aromatic carbocycles. The fourth-order valence-electron chi connectivity index (χ4n) is 2.71. The molecule has 0 atom stereocenters. The highest BCUT2D eigenvalue weighted by Crippen LogP contribution is 2.28. The van der Waals surface area contributed by atoms with Crippen molar-refractivity contribution in [2.75, 3.05) is 7.11 Å². The Morgan fingerprint density at radius 1 is 1.13 bits per heavy atom. The van der Waals surface area contributed by atoms with Gasteiger partial charge in [-0.05, 0) is 35.0 Å². The van der Waals surface area contributed by atoms with Gasteiger partial charge in [-0.2, -0.15) is 0 Å². The van der Waals surface area contributed by atoms with Gasteiger partial charge in [0.25, 0.3) is 0 Å². The van der Waals surface area contributed by atoms with Gasteiger partial charge >= 0.3 is 5.97 Å². The van der Waals surface area contributed by atoms with E-state index in [0.717, 1.165) is 0 Å². The molecule has 3 aromatic rings. The maximum absolute atomic E-state index is 12.8. The van der Waals surface area contributed by atoms with Gasteiger partial charge in [0.15, 0.2) is 0 Å². The Labute approximate surface area is 132 Å². The third-order valence-electron chi connectivity index (χ3n) is 3.78. The Hall–Kier alpha value is -3.14. The first-order chi connectivity index (χ1) is 11.1. The van der Waals surface area contributed by atoms with Crippen molar-refractivity contribution in [3.05, 3.63) is 70.6 Å². The van der Waals surface area contributed by atoms with Crippen LogP contribution in [0.1, 0.15) is 21.7 Å². The van der Waals surface area contributed by atoms with E-state index in [-0.39, 0.29) is 5.43 Å². The van der Waals surface area contributed by atoms with Crippen molar-refractivity contribution in [1.82, 2.24) is 0 Å². The summed E-state index contributed by atoms with van der Waals surface area (Å²) in [6, 6.07) is 8.57. The molecule has 114 valence electrons. The van der Waals surface area contributed by atoms with Crippen molar-refractivity contribution in [3.8, 4) is 0 Å². The minimum atomic E-state index is -0.453. The van der Waals surface area contributed by atoms with Crippen molar-refractivity contribution in [2.24, 2.45) is 0 Å². The van der Waals surface area contributed by atoms with Gasteiger partial charge in [0.05, 0.1) is 23.6 Å². The molecule has 0 bridgehead atoms. The highest BCUT2D eigenvalue weighted by atomic mass is 16.5. The van der Waals surface area contributed by atoms with Crippen molar-refractivity contribution >= 4 is 39.9 Å². The Morgan fingerprint density at radius 3 is 2.57 bits per heavy atom. The number of carbonyl (C=O) groups excluding carboxylic acids is 1. The summed E-state index contributed by atoms with van der Waals surface area (Å²) >= 11 is 0. The summed E-state index contributed by atoms with van der Waals surface area (Å²) in [5.41, 5.74) is 0.983. The molecular weight excluding hydrogens is 292 g/mol. The molecule has 0 unspecified atom stereocenters. The average molecular weight is 306 g/mol. The third-order valence-corrected chi connectivity index (χ3v) is 3.78. The predicted molar refractivity (Wildman–Crippen MR) is 91.5 cm³/mol. The standard InChI is InChI=1S/C19H14O4/c1-4-11-15(5-2)23-16-10-9-12-13(17(16)18(11)20)7-6-8-14(12)19(21)22-3/h4-10H,1-2H2,3H3. The highest BCUT2D eigenvalue weighted by Gasteiger charge is 2.16. The van der Waals surface area contributed by atoms with E-state index >= 15 is 0 Å². The summed E-state index contributed by atoms with van der Waals surface area (Å²) in [7, 11) is 1.32. The van der Waals surface area contributed by atoms with Crippen LogP contribution in [-0.4, -0.2) is 13.1 Å². The summed E-state index contributed by atoms with van der Waals surface area (Å²) in [5.74, 6) is -0.0769. The molecule has 4 nitrogen and oxygen atoms in total. The van der Waals surface area contributed by atoms with E-state index in [4.69, 9.17) is 9.15 Å². The fourth-order valence-corrected chi connectivity index (χ4v) is 2.71. The fraction of sp³-hybridized carbons (Fsp3) is 0.0526. The third kappa shape index (κ3) is 2.16. The molecule has 0 aliphatic carbocycles. The number of ether oxygens (including phenoxy) is 1. The second-order valence-corrected chi connectivity index (χ2v) is 4.95. The highest BCUT2D eigenvalue weighted by molar-refractivity contribution is 6.13. The van der Waals surface area contributed by atoms with Crippen LogP contribution in [0.25, 0.3) is 33.9 Å².